The summed E-state index contributed by atoms with van der Waals surface area (Å²) < 4.78 is 29.0. The summed E-state index contributed by atoms with van der Waals surface area (Å²) in [6.07, 6.45) is 0. The van der Waals surface area contributed by atoms with Crippen molar-refractivity contribution in [2.75, 3.05) is 12.9 Å². The van der Waals surface area contributed by atoms with E-state index in [2.05, 4.69) is 4.98 Å². The van der Waals surface area contributed by atoms with E-state index in [1.54, 1.807) is 32.9 Å². The third-order valence-corrected chi connectivity index (χ3v) is 4.09. The first-order valence-electron chi connectivity index (χ1n) is 5.62. The van der Waals surface area contributed by atoms with Crippen molar-refractivity contribution in [2.45, 2.75) is 32.1 Å². The zero-order valence-electron chi connectivity index (χ0n) is 11.2. The molecule has 1 rings (SSSR count). The Morgan fingerprint density at radius 1 is 1.39 bits per heavy atom. The zero-order valence-corrected chi connectivity index (χ0v) is 12.0. The fraction of sp³-hybridized carbons (Fsp3) is 0.583. The minimum absolute atomic E-state index is 0.0715. The number of nitrogens with two attached hydrogens (primary N) is 1. The molecule has 18 heavy (non-hydrogen) atoms. The van der Waals surface area contributed by atoms with Crippen molar-refractivity contribution in [3.8, 4) is 5.75 Å². The summed E-state index contributed by atoms with van der Waals surface area (Å²) in [4.78, 5) is 4.20. The normalized spacial score (nSPS) is 12.5. The molecule has 6 heteroatoms. The van der Waals surface area contributed by atoms with E-state index in [9.17, 15) is 8.42 Å². The van der Waals surface area contributed by atoms with E-state index in [0.717, 1.165) is 5.69 Å². The van der Waals surface area contributed by atoms with Gasteiger partial charge in [-0.25, -0.2) is 8.42 Å². The van der Waals surface area contributed by atoms with E-state index in [1.807, 2.05) is 0 Å². The van der Waals surface area contributed by atoms with E-state index in [4.69, 9.17) is 10.5 Å². The molecule has 0 amide bonds. The largest absolute Gasteiger partial charge is 0.497 e. The number of sulfone groups is 1. The Morgan fingerprint density at radius 3 is 2.50 bits per heavy atom. The van der Waals surface area contributed by atoms with Crippen LogP contribution in [0.25, 0.3) is 0 Å². The van der Waals surface area contributed by atoms with Gasteiger partial charge in [-0.15, -0.1) is 0 Å². The number of aryl methyl sites for hydroxylation is 1. The van der Waals surface area contributed by atoms with Crippen LogP contribution in [0.2, 0.25) is 0 Å². The van der Waals surface area contributed by atoms with Gasteiger partial charge in [0.1, 0.15) is 5.75 Å². The zero-order chi connectivity index (χ0) is 14.0. The summed E-state index contributed by atoms with van der Waals surface area (Å²) in [5, 5.41) is 0. The molecule has 0 aliphatic rings. The average molecular weight is 272 g/mol. The van der Waals surface area contributed by atoms with Crippen LogP contribution in [0.1, 0.15) is 25.2 Å². The maximum Gasteiger partial charge on any atom is 0.157 e. The summed E-state index contributed by atoms with van der Waals surface area (Å²) in [6, 6.07) is 3.39. The molecule has 0 spiro atoms. The predicted octanol–water partition coefficient (Wildman–Crippen LogP) is 1.05. The van der Waals surface area contributed by atoms with Gasteiger partial charge >= 0.3 is 0 Å². The maximum absolute atomic E-state index is 12.0. The van der Waals surface area contributed by atoms with Gasteiger partial charge in [-0.2, -0.15) is 0 Å². The van der Waals surface area contributed by atoms with Crippen LogP contribution in [0.3, 0.4) is 0 Å². The highest BCUT2D eigenvalue weighted by Gasteiger charge is 2.23. The van der Waals surface area contributed by atoms with Crippen LogP contribution in [0.5, 0.6) is 5.75 Å². The highest BCUT2D eigenvalue weighted by Crippen LogP contribution is 2.16. The molecular formula is C12H20N2O3S. The van der Waals surface area contributed by atoms with Crippen LogP contribution >= 0.6 is 0 Å². The van der Waals surface area contributed by atoms with Gasteiger partial charge in [0.15, 0.2) is 9.84 Å². The van der Waals surface area contributed by atoms with Crippen LogP contribution in [-0.4, -0.2) is 31.8 Å². The molecule has 102 valence electrons. The Balaban J connectivity index is 2.94. The fourth-order valence-corrected chi connectivity index (χ4v) is 3.57. The molecule has 5 nitrogen and oxygen atoms in total. The number of rotatable bonds is 5. The number of nitrogens with zero attached hydrogens (tertiary/aromatic N) is 1. The minimum atomic E-state index is -3.28. The SMILES string of the molecule is COc1cc(C)nc(CS(=O)(=O)CC(C)(C)N)c1. The molecule has 0 aliphatic heterocycles. The number of methoxy groups -OCH3 is 1. The van der Waals surface area contributed by atoms with Gasteiger partial charge in [0.2, 0.25) is 0 Å². The summed E-state index contributed by atoms with van der Waals surface area (Å²) in [7, 11) is -1.74. The highest BCUT2D eigenvalue weighted by molar-refractivity contribution is 7.90. The lowest BCUT2D eigenvalue weighted by atomic mass is 10.1. The smallest absolute Gasteiger partial charge is 0.157 e. The molecule has 1 heterocycles. The Bertz CT molecular complexity index is 519. The Hall–Kier alpha value is -1.14. The molecule has 0 aromatic carbocycles. The lowest BCUT2D eigenvalue weighted by molar-refractivity contribution is 0.413. The summed E-state index contributed by atoms with van der Waals surface area (Å²) in [6.45, 7) is 5.18. The first kappa shape index (κ1) is 14.9. The minimum Gasteiger partial charge on any atom is -0.497 e. The maximum atomic E-state index is 12.0. The topological polar surface area (TPSA) is 82.3 Å². The van der Waals surface area contributed by atoms with Crippen molar-refractivity contribution in [1.82, 2.24) is 4.98 Å². The molecule has 2 N–H and O–H groups in total. The van der Waals surface area contributed by atoms with Crippen molar-refractivity contribution in [3.63, 3.8) is 0 Å². The van der Waals surface area contributed by atoms with Gasteiger partial charge < -0.3 is 10.5 Å². The van der Waals surface area contributed by atoms with Crippen molar-refractivity contribution in [2.24, 2.45) is 5.73 Å². The van der Waals surface area contributed by atoms with E-state index in [1.165, 1.54) is 7.11 Å². The quantitative estimate of drug-likeness (QED) is 0.866. The third kappa shape index (κ3) is 5.01. The second-order valence-electron chi connectivity index (χ2n) is 5.16. The van der Waals surface area contributed by atoms with E-state index < -0.39 is 15.4 Å². The lowest BCUT2D eigenvalue weighted by Crippen LogP contribution is -2.40. The predicted molar refractivity (Wildman–Crippen MR) is 71.3 cm³/mol. The number of aromatic nitrogens is 1. The molecule has 0 bridgehead atoms. The van der Waals surface area contributed by atoms with Gasteiger partial charge in [0, 0.05) is 23.4 Å². The van der Waals surface area contributed by atoms with Gasteiger partial charge in [0.25, 0.3) is 0 Å². The van der Waals surface area contributed by atoms with Gasteiger partial charge in [-0.3, -0.25) is 4.98 Å². The standard InChI is InChI=1S/C12H20N2O3S/c1-9-5-11(17-4)6-10(14-9)7-18(15,16)8-12(2,3)13/h5-6H,7-8,13H2,1-4H3. The van der Waals surface area contributed by atoms with Gasteiger partial charge in [0.05, 0.1) is 24.3 Å². The Labute approximate surface area is 108 Å². The summed E-state index contributed by atoms with van der Waals surface area (Å²) >= 11 is 0. The summed E-state index contributed by atoms with van der Waals surface area (Å²) in [5.41, 5.74) is 6.20. The van der Waals surface area contributed by atoms with E-state index in [0.29, 0.717) is 11.4 Å². The first-order valence-corrected chi connectivity index (χ1v) is 7.44. The molecule has 0 radical (unpaired) electrons. The number of hydrogen-bond donors (Lipinski definition) is 1. The van der Waals surface area contributed by atoms with Crippen molar-refractivity contribution < 1.29 is 13.2 Å². The third-order valence-electron chi connectivity index (χ3n) is 2.18. The number of hydrogen-bond acceptors (Lipinski definition) is 5. The Kier molecular flexibility index (Phi) is 4.34. The van der Waals surface area contributed by atoms with Gasteiger partial charge in [-0.05, 0) is 20.8 Å². The molecule has 0 saturated carbocycles. The van der Waals surface area contributed by atoms with Crippen LogP contribution in [0.4, 0.5) is 0 Å². The van der Waals surface area contributed by atoms with Crippen molar-refractivity contribution in [3.05, 3.63) is 23.5 Å². The molecule has 0 fully saturated rings. The average Bonchev–Trinajstić information content (AvgIpc) is 2.11. The molecule has 0 atom stereocenters. The second kappa shape index (κ2) is 5.24. The Morgan fingerprint density at radius 2 is 2.00 bits per heavy atom. The number of pyridine rings is 1. The number of ether oxygens (including phenoxy) is 1. The molecule has 1 aromatic heterocycles. The van der Waals surface area contributed by atoms with Crippen LogP contribution in [-0.2, 0) is 15.6 Å². The van der Waals surface area contributed by atoms with Crippen LogP contribution in [0.15, 0.2) is 12.1 Å². The fourth-order valence-electron chi connectivity index (χ4n) is 1.74. The lowest BCUT2D eigenvalue weighted by Gasteiger charge is -2.18. The van der Waals surface area contributed by atoms with Crippen molar-refractivity contribution in [1.29, 1.82) is 0 Å². The van der Waals surface area contributed by atoms with Crippen LogP contribution in [0, 0.1) is 6.92 Å². The van der Waals surface area contributed by atoms with Crippen LogP contribution < -0.4 is 10.5 Å². The monoisotopic (exact) mass is 272 g/mol. The van der Waals surface area contributed by atoms with Crippen molar-refractivity contribution >= 4 is 9.84 Å². The molecule has 0 saturated heterocycles. The molecule has 0 unspecified atom stereocenters. The molecular weight excluding hydrogens is 252 g/mol. The molecule has 1 aromatic rings. The first-order chi connectivity index (χ1) is 8.11. The molecule has 0 aliphatic carbocycles. The second-order valence-corrected chi connectivity index (χ2v) is 7.23. The van der Waals surface area contributed by atoms with E-state index in [-0.39, 0.29) is 11.5 Å². The highest BCUT2D eigenvalue weighted by atomic mass is 32.2. The summed E-state index contributed by atoms with van der Waals surface area (Å²) in [5.74, 6) is 0.420. The van der Waals surface area contributed by atoms with Gasteiger partial charge in [-0.1, -0.05) is 0 Å². The van der Waals surface area contributed by atoms with E-state index >= 15 is 0 Å².